The van der Waals surface area contributed by atoms with Crippen LogP contribution in [0.4, 0.5) is 5.69 Å². The molecule has 0 spiro atoms. The SMILES string of the molecule is O=C(NNC(=O)c1cccc(S(=O)(=O)NCc2ccccc2)c1)c1cccc([N+](=O)[O-])c1. The van der Waals surface area contributed by atoms with E-state index in [0.29, 0.717) is 0 Å². The number of nitro benzene ring substituents is 1. The minimum absolute atomic E-state index is 0.00747. The van der Waals surface area contributed by atoms with Gasteiger partial charge >= 0.3 is 0 Å². The van der Waals surface area contributed by atoms with Crippen molar-refractivity contribution in [2.24, 2.45) is 0 Å². The predicted molar refractivity (Wildman–Crippen MR) is 115 cm³/mol. The van der Waals surface area contributed by atoms with E-state index in [1.165, 1.54) is 42.5 Å². The van der Waals surface area contributed by atoms with Crippen LogP contribution in [0.25, 0.3) is 0 Å². The molecule has 32 heavy (non-hydrogen) atoms. The molecule has 0 atom stereocenters. The Morgan fingerprint density at radius 3 is 2.03 bits per heavy atom. The second-order valence-corrected chi connectivity index (χ2v) is 8.32. The Bertz CT molecular complexity index is 1260. The van der Waals surface area contributed by atoms with E-state index in [-0.39, 0.29) is 28.3 Å². The smallest absolute Gasteiger partial charge is 0.267 e. The van der Waals surface area contributed by atoms with Crippen LogP contribution in [0.2, 0.25) is 0 Å². The van der Waals surface area contributed by atoms with Crippen LogP contribution in [0.3, 0.4) is 0 Å². The third kappa shape index (κ3) is 5.74. The number of hydrogen-bond acceptors (Lipinski definition) is 6. The van der Waals surface area contributed by atoms with Gasteiger partial charge in [0.05, 0.1) is 9.82 Å². The summed E-state index contributed by atoms with van der Waals surface area (Å²) in [6.07, 6.45) is 0. The molecule has 3 aromatic carbocycles. The summed E-state index contributed by atoms with van der Waals surface area (Å²) in [5.41, 5.74) is 4.77. The molecule has 11 heteroatoms. The summed E-state index contributed by atoms with van der Waals surface area (Å²) in [7, 11) is -3.88. The highest BCUT2D eigenvalue weighted by Crippen LogP contribution is 2.14. The zero-order valence-electron chi connectivity index (χ0n) is 16.5. The average Bonchev–Trinajstić information content (AvgIpc) is 2.82. The van der Waals surface area contributed by atoms with Gasteiger partial charge in [-0.05, 0) is 29.8 Å². The lowest BCUT2D eigenvalue weighted by Gasteiger charge is -2.10. The number of carbonyl (C=O) groups is 2. The second kappa shape index (κ2) is 9.81. The van der Waals surface area contributed by atoms with Crippen LogP contribution in [-0.2, 0) is 16.6 Å². The molecule has 0 aliphatic heterocycles. The predicted octanol–water partition coefficient (Wildman–Crippen LogP) is 2.15. The molecule has 0 unspecified atom stereocenters. The zero-order valence-corrected chi connectivity index (χ0v) is 17.3. The lowest BCUT2D eigenvalue weighted by molar-refractivity contribution is -0.384. The molecular formula is C21H18N4O6S. The van der Waals surface area contributed by atoms with Gasteiger partial charge in [0, 0.05) is 29.8 Å². The van der Waals surface area contributed by atoms with Gasteiger partial charge in [0.15, 0.2) is 0 Å². The molecule has 164 valence electrons. The number of rotatable bonds is 7. The van der Waals surface area contributed by atoms with Crippen molar-refractivity contribution in [2.75, 3.05) is 0 Å². The third-order valence-electron chi connectivity index (χ3n) is 4.32. The fraction of sp³-hybridized carbons (Fsp3) is 0.0476. The Morgan fingerprint density at radius 2 is 1.41 bits per heavy atom. The fourth-order valence-corrected chi connectivity index (χ4v) is 3.74. The van der Waals surface area contributed by atoms with E-state index in [2.05, 4.69) is 15.6 Å². The zero-order chi connectivity index (χ0) is 23.1. The maximum atomic E-state index is 12.6. The minimum atomic E-state index is -3.88. The summed E-state index contributed by atoms with van der Waals surface area (Å²) >= 11 is 0. The number of non-ortho nitro benzene ring substituents is 1. The highest BCUT2D eigenvalue weighted by molar-refractivity contribution is 7.89. The van der Waals surface area contributed by atoms with Crippen molar-refractivity contribution in [2.45, 2.75) is 11.4 Å². The number of hydrazine groups is 1. The Kier molecular flexibility index (Phi) is 6.93. The molecule has 0 saturated carbocycles. The van der Waals surface area contributed by atoms with E-state index >= 15 is 0 Å². The molecule has 0 radical (unpaired) electrons. The number of carbonyl (C=O) groups excluding carboxylic acids is 2. The molecule has 0 heterocycles. The van der Waals surface area contributed by atoms with Crippen LogP contribution < -0.4 is 15.6 Å². The monoisotopic (exact) mass is 454 g/mol. The normalized spacial score (nSPS) is 10.9. The summed E-state index contributed by atoms with van der Waals surface area (Å²) in [4.78, 5) is 34.6. The lowest BCUT2D eigenvalue weighted by Crippen LogP contribution is -2.41. The van der Waals surface area contributed by atoms with E-state index < -0.39 is 26.8 Å². The Hall–Kier alpha value is -4.09. The fourth-order valence-electron chi connectivity index (χ4n) is 2.68. The van der Waals surface area contributed by atoms with Gasteiger partial charge in [0.2, 0.25) is 10.0 Å². The number of nitro groups is 1. The summed E-state index contributed by atoms with van der Waals surface area (Å²) in [6, 6.07) is 19.2. The Morgan fingerprint density at radius 1 is 0.812 bits per heavy atom. The van der Waals surface area contributed by atoms with E-state index in [1.54, 1.807) is 24.3 Å². The summed E-state index contributed by atoms with van der Waals surface area (Å²) in [5, 5.41) is 10.8. The molecule has 0 aliphatic rings. The standard InChI is InChI=1S/C21H18N4O6S/c26-20(16-8-4-10-18(12-16)25(28)29)23-24-21(27)17-9-5-11-19(13-17)32(30,31)22-14-15-6-2-1-3-7-15/h1-13,22H,14H2,(H,23,26)(H,24,27). The molecule has 3 rings (SSSR count). The number of nitrogens with one attached hydrogen (secondary N) is 3. The molecular weight excluding hydrogens is 436 g/mol. The first-order chi connectivity index (χ1) is 15.3. The molecule has 0 fully saturated rings. The lowest BCUT2D eigenvalue weighted by atomic mass is 10.2. The van der Waals surface area contributed by atoms with E-state index in [9.17, 15) is 28.1 Å². The van der Waals surface area contributed by atoms with Crippen LogP contribution in [-0.4, -0.2) is 25.2 Å². The van der Waals surface area contributed by atoms with Gasteiger partial charge in [-0.2, -0.15) is 0 Å². The maximum absolute atomic E-state index is 12.6. The van der Waals surface area contributed by atoms with Crippen molar-refractivity contribution in [1.29, 1.82) is 0 Å². The van der Waals surface area contributed by atoms with Gasteiger partial charge in [-0.1, -0.05) is 42.5 Å². The quantitative estimate of drug-likeness (QED) is 0.368. The van der Waals surface area contributed by atoms with Crippen molar-refractivity contribution in [3.8, 4) is 0 Å². The van der Waals surface area contributed by atoms with Crippen LogP contribution in [0.15, 0.2) is 83.8 Å². The van der Waals surface area contributed by atoms with Gasteiger partial charge in [-0.25, -0.2) is 13.1 Å². The number of nitrogens with zero attached hydrogens (tertiary/aromatic N) is 1. The average molecular weight is 454 g/mol. The van der Waals surface area contributed by atoms with E-state index in [4.69, 9.17) is 0 Å². The van der Waals surface area contributed by atoms with Crippen molar-refractivity contribution in [3.05, 3.63) is 106 Å². The van der Waals surface area contributed by atoms with Crippen molar-refractivity contribution in [1.82, 2.24) is 15.6 Å². The number of sulfonamides is 1. The maximum Gasteiger partial charge on any atom is 0.270 e. The van der Waals surface area contributed by atoms with Crippen LogP contribution >= 0.6 is 0 Å². The van der Waals surface area contributed by atoms with Crippen LogP contribution in [0, 0.1) is 10.1 Å². The first-order valence-electron chi connectivity index (χ1n) is 9.25. The number of benzene rings is 3. The van der Waals surface area contributed by atoms with E-state index in [1.807, 2.05) is 6.07 Å². The highest BCUT2D eigenvalue weighted by Gasteiger charge is 2.17. The molecule has 0 bridgehead atoms. The minimum Gasteiger partial charge on any atom is -0.267 e. The van der Waals surface area contributed by atoms with Gasteiger partial charge in [0.1, 0.15) is 0 Å². The number of amides is 2. The van der Waals surface area contributed by atoms with E-state index in [0.717, 1.165) is 11.6 Å². The van der Waals surface area contributed by atoms with Crippen LogP contribution in [0.5, 0.6) is 0 Å². The van der Waals surface area contributed by atoms with Crippen molar-refractivity contribution >= 4 is 27.5 Å². The van der Waals surface area contributed by atoms with Crippen LogP contribution in [0.1, 0.15) is 26.3 Å². The summed E-state index contributed by atoms with van der Waals surface area (Å²) in [6.45, 7) is 0.0822. The third-order valence-corrected chi connectivity index (χ3v) is 5.72. The van der Waals surface area contributed by atoms with Gasteiger partial charge in [0.25, 0.3) is 17.5 Å². The molecule has 10 nitrogen and oxygen atoms in total. The molecule has 3 N–H and O–H groups in total. The van der Waals surface area contributed by atoms with Gasteiger partial charge in [-0.3, -0.25) is 30.6 Å². The number of hydrogen-bond donors (Lipinski definition) is 3. The Balaban J connectivity index is 1.65. The summed E-state index contributed by atoms with van der Waals surface area (Å²) in [5.74, 6) is -1.53. The highest BCUT2D eigenvalue weighted by atomic mass is 32.2. The largest absolute Gasteiger partial charge is 0.270 e. The molecule has 0 saturated heterocycles. The first-order valence-corrected chi connectivity index (χ1v) is 10.7. The second-order valence-electron chi connectivity index (χ2n) is 6.55. The topological polar surface area (TPSA) is 148 Å². The molecule has 0 aromatic heterocycles. The van der Waals surface area contributed by atoms with Crippen molar-refractivity contribution < 1.29 is 22.9 Å². The van der Waals surface area contributed by atoms with Gasteiger partial charge < -0.3 is 0 Å². The molecule has 2 amide bonds. The van der Waals surface area contributed by atoms with Gasteiger partial charge in [-0.15, -0.1) is 0 Å². The summed E-state index contributed by atoms with van der Waals surface area (Å²) < 4.78 is 27.6. The molecule has 0 aliphatic carbocycles. The first kappa shape index (κ1) is 22.6. The Labute approximate surface area is 183 Å². The van der Waals surface area contributed by atoms with Crippen molar-refractivity contribution in [3.63, 3.8) is 0 Å². The molecule has 3 aromatic rings.